The van der Waals surface area contributed by atoms with Gasteiger partial charge in [-0.2, -0.15) is 0 Å². The molecule has 1 atom stereocenters. The van der Waals surface area contributed by atoms with Crippen molar-refractivity contribution in [2.45, 2.75) is 103 Å². The van der Waals surface area contributed by atoms with Crippen LogP contribution in [0.1, 0.15) is 84.6 Å². The maximum atomic E-state index is 12.9. The van der Waals surface area contributed by atoms with Gasteiger partial charge >= 0.3 is 0 Å². The number of nitrogens with one attached hydrogen (secondary N) is 1. The van der Waals surface area contributed by atoms with Gasteiger partial charge in [0.05, 0.1) is 11.0 Å². The Morgan fingerprint density at radius 3 is 2.05 bits per heavy atom. The Morgan fingerprint density at radius 2 is 1.65 bits per heavy atom. The number of hydrogen-bond acceptors (Lipinski definition) is 5. The maximum Gasteiger partial charge on any atom is 0.246 e. The van der Waals surface area contributed by atoms with E-state index in [0.717, 1.165) is 44.6 Å². The summed E-state index contributed by atoms with van der Waals surface area (Å²) in [4.78, 5) is 25.7. The Labute approximate surface area is 222 Å². The van der Waals surface area contributed by atoms with Gasteiger partial charge in [0.2, 0.25) is 12.3 Å². The van der Waals surface area contributed by atoms with E-state index in [1.54, 1.807) is 11.8 Å². The predicted octanol–water partition coefficient (Wildman–Crippen LogP) is 4.51. The van der Waals surface area contributed by atoms with Gasteiger partial charge in [0.25, 0.3) is 0 Å². The first kappa shape index (κ1) is 34.9. The van der Waals surface area contributed by atoms with Gasteiger partial charge in [-0.15, -0.1) is 0 Å². The number of unbranched alkanes of at least 4 members (excludes halogenated alkanes) is 1. The monoisotopic (exact) mass is 547 g/mol. The standard InChI is InChI=1S/C18H35N3O4S.C7H6F2.C2H6/c1-3-7-16(8-4-2)26(24,25)13-17(20-14-22)18(23)21(15-9-10-15)12-6-5-11-19;1-5-2-6(8)4-7(9)3-5;1-2/h14-17H,3-13,19H2,1-2H3,(H,20,22);2-4H,1H3;1-2H3. The summed E-state index contributed by atoms with van der Waals surface area (Å²) < 4.78 is 50.0. The van der Waals surface area contributed by atoms with E-state index in [2.05, 4.69) is 5.32 Å². The highest BCUT2D eigenvalue weighted by Gasteiger charge is 2.38. The van der Waals surface area contributed by atoms with Crippen molar-refractivity contribution in [3.63, 3.8) is 0 Å². The fourth-order valence-electron chi connectivity index (χ4n) is 3.97. The Morgan fingerprint density at radius 1 is 1.11 bits per heavy atom. The average Bonchev–Trinajstić information content (AvgIpc) is 3.67. The quantitative estimate of drug-likeness (QED) is 0.248. The lowest BCUT2D eigenvalue weighted by Gasteiger charge is -2.28. The van der Waals surface area contributed by atoms with Crippen LogP contribution in [0.5, 0.6) is 0 Å². The molecule has 2 rings (SSSR count). The van der Waals surface area contributed by atoms with Gasteiger partial charge in [-0.3, -0.25) is 9.59 Å². The molecule has 1 saturated carbocycles. The Bertz CT molecular complexity index is 839. The molecule has 0 heterocycles. The molecule has 1 aliphatic rings. The van der Waals surface area contributed by atoms with Gasteiger partial charge in [0.15, 0.2) is 9.84 Å². The maximum absolute atomic E-state index is 12.9. The van der Waals surface area contributed by atoms with Crippen LogP contribution >= 0.6 is 0 Å². The molecule has 37 heavy (non-hydrogen) atoms. The molecule has 0 spiro atoms. The van der Waals surface area contributed by atoms with Gasteiger partial charge in [-0.25, -0.2) is 17.2 Å². The third-order valence-corrected chi connectivity index (χ3v) is 8.11. The molecule has 2 amide bonds. The normalized spacial score (nSPS) is 13.5. The largest absolute Gasteiger partial charge is 0.346 e. The third-order valence-electron chi connectivity index (χ3n) is 5.83. The van der Waals surface area contributed by atoms with E-state index in [9.17, 15) is 26.8 Å². The minimum Gasteiger partial charge on any atom is -0.346 e. The molecule has 3 N–H and O–H groups in total. The first-order valence-electron chi connectivity index (χ1n) is 13.4. The summed E-state index contributed by atoms with van der Waals surface area (Å²) in [5, 5.41) is 2.00. The molecular formula is C27H47F2N3O4S. The van der Waals surface area contributed by atoms with Crippen LogP contribution in [0.3, 0.4) is 0 Å². The number of aryl methyl sites for hydroxylation is 1. The van der Waals surface area contributed by atoms with E-state index in [-0.39, 0.29) is 17.7 Å². The second kappa shape index (κ2) is 19.1. The van der Waals surface area contributed by atoms with Gasteiger partial charge in [-0.1, -0.05) is 40.5 Å². The van der Waals surface area contributed by atoms with Crippen LogP contribution in [0.25, 0.3) is 0 Å². The number of hydrogen-bond donors (Lipinski definition) is 2. The number of carbonyl (C=O) groups excluding carboxylic acids is 2. The summed E-state index contributed by atoms with van der Waals surface area (Å²) in [6.45, 7) is 10.7. The number of carbonyl (C=O) groups is 2. The second-order valence-corrected chi connectivity index (χ2v) is 11.4. The molecule has 1 unspecified atom stereocenters. The molecule has 0 bridgehead atoms. The van der Waals surface area contributed by atoms with Crippen LogP contribution in [0, 0.1) is 18.6 Å². The highest BCUT2D eigenvalue weighted by Crippen LogP contribution is 2.28. The fraction of sp³-hybridized carbons (Fsp3) is 0.704. The minimum absolute atomic E-state index is 0.168. The van der Waals surface area contributed by atoms with Crippen LogP contribution in [-0.2, 0) is 19.4 Å². The second-order valence-electron chi connectivity index (χ2n) is 9.07. The van der Waals surface area contributed by atoms with Crippen molar-refractivity contribution in [2.24, 2.45) is 5.73 Å². The van der Waals surface area contributed by atoms with E-state index in [4.69, 9.17) is 5.73 Å². The van der Waals surface area contributed by atoms with Crippen LogP contribution in [0.2, 0.25) is 0 Å². The summed E-state index contributed by atoms with van der Waals surface area (Å²) in [6, 6.07) is 2.58. The summed E-state index contributed by atoms with van der Waals surface area (Å²) in [6.07, 6.45) is 6.61. The number of sulfone groups is 1. The van der Waals surface area contributed by atoms with E-state index in [1.165, 1.54) is 12.1 Å². The van der Waals surface area contributed by atoms with Crippen LogP contribution in [0.15, 0.2) is 18.2 Å². The zero-order valence-electron chi connectivity index (χ0n) is 23.1. The molecule has 0 saturated heterocycles. The van der Waals surface area contributed by atoms with Crippen LogP contribution in [-0.4, -0.2) is 61.8 Å². The molecule has 214 valence electrons. The molecule has 1 aromatic rings. The van der Waals surface area contributed by atoms with Crippen molar-refractivity contribution in [1.82, 2.24) is 10.2 Å². The topological polar surface area (TPSA) is 110 Å². The van der Waals surface area contributed by atoms with E-state index in [0.29, 0.717) is 37.9 Å². The fourth-order valence-corrected chi connectivity index (χ4v) is 6.13. The van der Waals surface area contributed by atoms with E-state index >= 15 is 0 Å². The van der Waals surface area contributed by atoms with Crippen molar-refractivity contribution in [1.29, 1.82) is 0 Å². The predicted molar refractivity (Wildman–Crippen MR) is 146 cm³/mol. The number of benzene rings is 1. The smallest absolute Gasteiger partial charge is 0.246 e. The van der Waals surface area contributed by atoms with Crippen LogP contribution in [0.4, 0.5) is 8.78 Å². The summed E-state index contributed by atoms with van der Waals surface area (Å²) in [7, 11) is -3.47. The van der Waals surface area contributed by atoms with Crippen molar-refractivity contribution >= 4 is 22.2 Å². The van der Waals surface area contributed by atoms with Gasteiger partial charge in [0, 0.05) is 18.7 Å². The van der Waals surface area contributed by atoms with Crippen molar-refractivity contribution < 1.29 is 26.8 Å². The Kier molecular flexibility index (Phi) is 18.0. The minimum atomic E-state index is -3.47. The van der Waals surface area contributed by atoms with Crippen molar-refractivity contribution in [2.75, 3.05) is 18.8 Å². The Balaban J connectivity index is 0.000000977. The third kappa shape index (κ3) is 13.9. The molecule has 1 aromatic carbocycles. The summed E-state index contributed by atoms with van der Waals surface area (Å²) in [5.41, 5.74) is 6.13. The highest BCUT2D eigenvalue weighted by molar-refractivity contribution is 7.92. The number of halogens is 2. The lowest BCUT2D eigenvalue weighted by molar-refractivity contribution is -0.134. The number of nitrogens with two attached hydrogens (primary N) is 1. The molecule has 0 aliphatic heterocycles. The number of rotatable bonds is 15. The van der Waals surface area contributed by atoms with E-state index < -0.39 is 32.8 Å². The molecular weight excluding hydrogens is 500 g/mol. The van der Waals surface area contributed by atoms with Crippen molar-refractivity contribution in [3.8, 4) is 0 Å². The first-order chi connectivity index (χ1) is 17.6. The molecule has 1 fully saturated rings. The lowest BCUT2D eigenvalue weighted by Crippen LogP contribution is -2.51. The van der Waals surface area contributed by atoms with Crippen LogP contribution < -0.4 is 11.1 Å². The van der Waals surface area contributed by atoms with Gasteiger partial charge in [-0.05, 0) is 69.7 Å². The molecule has 10 heteroatoms. The number of amides is 2. The van der Waals surface area contributed by atoms with Gasteiger partial charge in [0.1, 0.15) is 17.7 Å². The first-order valence-corrected chi connectivity index (χ1v) is 15.2. The zero-order chi connectivity index (χ0) is 28.4. The Hall–Kier alpha value is -2.07. The van der Waals surface area contributed by atoms with Crippen molar-refractivity contribution in [3.05, 3.63) is 35.4 Å². The zero-order valence-corrected chi connectivity index (χ0v) is 24.0. The molecule has 0 aromatic heterocycles. The summed E-state index contributed by atoms with van der Waals surface area (Å²) >= 11 is 0. The van der Waals surface area contributed by atoms with E-state index in [1.807, 2.05) is 27.7 Å². The average molecular weight is 548 g/mol. The SMILES string of the molecule is CC.CCCC(CCC)S(=O)(=O)CC(NC=O)C(=O)N(CCCCN)C1CC1.Cc1cc(F)cc(F)c1. The molecule has 7 nitrogen and oxygen atoms in total. The number of nitrogens with zero attached hydrogens (tertiary/aromatic N) is 1. The summed E-state index contributed by atoms with van der Waals surface area (Å²) in [5.74, 6) is -1.65. The lowest BCUT2D eigenvalue weighted by atomic mass is 10.2. The highest BCUT2D eigenvalue weighted by atomic mass is 32.2. The molecule has 0 radical (unpaired) electrons. The molecule has 1 aliphatic carbocycles. The van der Waals surface area contributed by atoms with Gasteiger partial charge < -0.3 is 16.0 Å².